The molecule has 0 saturated heterocycles. The average Bonchev–Trinajstić information content (AvgIpc) is 2.41. The van der Waals surface area contributed by atoms with Crippen LogP contribution in [0, 0.1) is 6.92 Å². The van der Waals surface area contributed by atoms with Gasteiger partial charge in [0.15, 0.2) is 0 Å². The number of ether oxygens (including phenoxy) is 1. The predicted molar refractivity (Wildman–Crippen MR) is 77.7 cm³/mol. The highest BCUT2D eigenvalue weighted by Crippen LogP contribution is 2.28. The first-order valence-corrected chi connectivity index (χ1v) is 6.51. The van der Waals surface area contributed by atoms with Gasteiger partial charge in [0.1, 0.15) is 5.75 Å². The summed E-state index contributed by atoms with van der Waals surface area (Å²) in [4.78, 5) is 18.4. The molecule has 2 aromatic rings. The Morgan fingerprint density at radius 2 is 2.05 bits per heavy atom. The fourth-order valence-electron chi connectivity index (χ4n) is 1.42. The van der Waals surface area contributed by atoms with Gasteiger partial charge in [-0.05, 0) is 46.6 Å². The molecule has 20 heavy (non-hydrogen) atoms. The van der Waals surface area contributed by atoms with Crippen LogP contribution in [0.2, 0.25) is 0 Å². The van der Waals surface area contributed by atoms with Crippen molar-refractivity contribution in [3.05, 3.63) is 52.3 Å². The summed E-state index contributed by atoms with van der Waals surface area (Å²) in [5.41, 5.74) is 1.70. The lowest BCUT2D eigenvalue weighted by molar-refractivity contribution is -0.131. The Morgan fingerprint density at radius 3 is 2.65 bits per heavy atom. The fraction of sp³-hybridized carbons (Fsp3) is 0.0714. The molecule has 0 atom stereocenters. The van der Waals surface area contributed by atoms with Crippen LogP contribution in [-0.4, -0.2) is 21.0 Å². The van der Waals surface area contributed by atoms with Gasteiger partial charge in [-0.2, -0.15) is 0 Å². The van der Waals surface area contributed by atoms with E-state index in [2.05, 4.69) is 25.9 Å². The van der Waals surface area contributed by atoms with Crippen molar-refractivity contribution in [3.8, 4) is 11.8 Å². The largest absolute Gasteiger partial charge is 0.478 e. The highest BCUT2D eigenvalue weighted by molar-refractivity contribution is 9.10. The molecule has 2 rings (SSSR count). The lowest BCUT2D eigenvalue weighted by Gasteiger charge is -2.06. The Bertz CT molecular complexity index is 654. The zero-order valence-electron chi connectivity index (χ0n) is 10.6. The Kier molecular flexibility index (Phi) is 4.47. The zero-order chi connectivity index (χ0) is 14.5. The second-order valence-corrected chi connectivity index (χ2v) is 4.86. The first-order valence-electron chi connectivity index (χ1n) is 5.71. The maximum Gasteiger partial charge on any atom is 0.328 e. The van der Waals surface area contributed by atoms with E-state index in [1.807, 2.05) is 25.1 Å². The number of carboxylic acid groups (broad SMARTS) is 1. The van der Waals surface area contributed by atoms with Crippen LogP contribution < -0.4 is 4.74 Å². The highest BCUT2D eigenvalue weighted by Gasteiger charge is 2.04. The van der Waals surface area contributed by atoms with Crippen LogP contribution >= 0.6 is 15.9 Å². The number of nitrogens with zero attached hydrogens (tertiary/aromatic N) is 2. The molecule has 0 radical (unpaired) electrons. The van der Waals surface area contributed by atoms with Crippen LogP contribution in [0.3, 0.4) is 0 Å². The molecule has 0 aliphatic heterocycles. The third-order valence-electron chi connectivity index (χ3n) is 2.36. The van der Waals surface area contributed by atoms with E-state index < -0.39 is 5.97 Å². The number of benzene rings is 1. The molecule has 1 N–H and O–H groups in total. The maximum absolute atomic E-state index is 10.4. The van der Waals surface area contributed by atoms with Crippen molar-refractivity contribution in [2.45, 2.75) is 6.92 Å². The number of aryl methyl sites for hydroxylation is 1. The molecule has 5 nitrogen and oxygen atoms in total. The van der Waals surface area contributed by atoms with Gasteiger partial charge in [0.05, 0.1) is 4.47 Å². The van der Waals surface area contributed by atoms with Crippen LogP contribution in [0.4, 0.5) is 0 Å². The van der Waals surface area contributed by atoms with E-state index in [4.69, 9.17) is 9.84 Å². The van der Waals surface area contributed by atoms with Gasteiger partial charge in [-0.3, -0.25) is 0 Å². The van der Waals surface area contributed by atoms with Gasteiger partial charge in [0.2, 0.25) is 0 Å². The van der Waals surface area contributed by atoms with Crippen LogP contribution in [0.5, 0.6) is 11.8 Å². The monoisotopic (exact) mass is 334 g/mol. The minimum atomic E-state index is -1.02. The minimum Gasteiger partial charge on any atom is -0.478 e. The number of aliphatic carboxylic acids is 1. The molecule has 0 aliphatic carbocycles. The van der Waals surface area contributed by atoms with E-state index >= 15 is 0 Å². The Labute approximate surface area is 124 Å². The number of hydrogen-bond acceptors (Lipinski definition) is 4. The molecule has 0 amide bonds. The SMILES string of the molecule is Cc1ccc(Oc2ncc(/C=C/C(=O)O)cn2)c(Br)c1. The summed E-state index contributed by atoms with van der Waals surface area (Å²) >= 11 is 3.40. The highest BCUT2D eigenvalue weighted by atomic mass is 79.9. The van der Waals surface area contributed by atoms with Crippen molar-refractivity contribution in [2.75, 3.05) is 0 Å². The summed E-state index contributed by atoms with van der Waals surface area (Å²) in [6, 6.07) is 5.87. The van der Waals surface area contributed by atoms with Crippen molar-refractivity contribution < 1.29 is 14.6 Å². The molecule has 0 aliphatic rings. The molecule has 0 saturated carbocycles. The molecule has 0 bridgehead atoms. The van der Waals surface area contributed by atoms with Crippen LogP contribution in [0.25, 0.3) is 6.08 Å². The van der Waals surface area contributed by atoms with E-state index in [-0.39, 0.29) is 6.01 Å². The van der Waals surface area contributed by atoms with E-state index in [1.165, 1.54) is 18.5 Å². The number of carbonyl (C=O) groups is 1. The maximum atomic E-state index is 10.4. The Balaban J connectivity index is 2.12. The van der Waals surface area contributed by atoms with Gasteiger partial charge >= 0.3 is 12.0 Å². The normalized spacial score (nSPS) is 10.7. The fourth-order valence-corrected chi connectivity index (χ4v) is 1.99. The summed E-state index contributed by atoms with van der Waals surface area (Å²) in [6.07, 6.45) is 5.41. The van der Waals surface area contributed by atoms with Gasteiger partial charge in [-0.15, -0.1) is 0 Å². The van der Waals surface area contributed by atoms with Gasteiger partial charge in [-0.25, -0.2) is 14.8 Å². The van der Waals surface area contributed by atoms with Gasteiger partial charge in [0, 0.05) is 24.0 Å². The Hall–Kier alpha value is -2.21. The molecule has 1 heterocycles. The summed E-state index contributed by atoms with van der Waals surface area (Å²) in [6.45, 7) is 1.98. The number of carboxylic acids is 1. The third-order valence-corrected chi connectivity index (χ3v) is 2.97. The van der Waals surface area contributed by atoms with Crippen molar-refractivity contribution in [3.63, 3.8) is 0 Å². The second-order valence-electron chi connectivity index (χ2n) is 4.01. The van der Waals surface area contributed by atoms with E-state index in [0.717, 1.165) is 16.1 Å². The zero-order valence-corrected chi connectivity index (χ0v) is 12.2. The summed E-state index contributed by atoms with van der Waals surface area (Å²) in [7, 11) is 0. The Morgan fingerprint density at radius 1 is 1.35 bits per heavy atom. The van der Waals surface area contributed by atoms with Crippen molar-refractivity contribution in [1.82, 2.24) is 9.97 Å². The summed E-state index contributed by atoms with van der Waals surface area (Å²) in [5.74, 6) is -0.404. The number of aromatic nitrogens is 2. The average molecular weight is 335 g/mol. The van der Waals surface area contributed by atoms with Crippen LogP contribution in [-0.2, 0) is 4.79 Å². The van der Waals surface area contributed by atoms with Crippen molar-refractivity contribution >= 4 is 28.0 Å². The predicted octanol–water partition coefficient (Wildman–Crippen LogP) is 3.44. The van der Waals surface area contributed by atoms with E-state index in [1.54, 1.807) is 0 Å². The third kappa shape index (κ3) is 3.89. The smallest absolute Gasteiger partial charge is 0.328 e. The van der Waals surface area contributed by atoms with Crippen LogP contribution in [0.1, 0.15) is 11.1 Å². The lowest BCUT2D eigenvalue weighted by atomic mass is 10.2. The lowest BCUT2D eigenvalue weighted by Crippen LogP contribution is -1.93. The molecule has 0 unspecified atom stereocenters. The molecule has 1 aromatic carbocycles. The van der Waals surface area contributed by atoms with Crippen molar-refractivity contribution in [1.29, 1.82) is 0 Å². The second kappa shape index (κ2) is 6.29. The number of halogens is 1. The molecule has 0 spiro atoms. The molecule has 0 fully saturated rings. The van der Waals surface area contributed by atoms with Gasteiger partial charge in [0.25, 0.3) is 0 Å². The summed E-state index contributed by atoms with van der Waals surface area (Å²) < 4.78 is 6.35. The standard InChI is InChI=1S/C14H11BrN2O3/c1-9-2-4-12(11(15)6-9)20-14-16-7-10(8-17-14)3-5-13(18)19/h2-8H,1H3,(H,18,19)/b5-3+. The summed E-state index contributed by atoms with van der Waals surface area (Å²) in [5, 5.41) is 8.52. The molecule has 102 valence electrons. The van der Waals surface area contributed by atoms with Gasteiger partial charge in [-0.1, -0.05) is 6.07 Å². The van der Waals surface area contributed by atoms with Gasteiger partial charge < -0.3 is 9.84 Å². The minimum absolute atomic E-state index is 0.196. The number of hydrogen-bond donors (Lipinski definition) is 1. The quantitative estimate of drug-likeness (QED) is 0.867. The molecular weight excluding hydrogens is 324 g/mol. The van der Waals surface area contributed by atoms with E-state index in [9.17, 15) is 4.79 Å². The number of rotatable bonds is 4. The van der Waals surface area contributed by atoms with E-state index in [0.29, 0.717) is 11.3 Å². The topological polar surface area (TPSA) is 72.3 Å². The molecule has 1 aromatic heterocycles. The molecule has 6 heteroatoms. The molecular formula is C14H11BrN2O3. The first kappa shape index (κ1) is 14.2. The first-order chi connectivity index (χ1) is 9.54. The van der Waals surface area contributed by atoms with Crippen molar-refractivity contribution in [2.24, 2.45) is 0 Å². The van der Waals surface area contributed by atoms with Crippen LogP contribution in [0.15, 0.2) is 41.1 Å².